The van der Waals surface area contributed by atoms with Crippen LogP contribution in [-0.2, 0) is 17.8 Å². The van der Waals surface area contributed by atoms with Crippen molar-refractivity contribution in [3.05, 3.63) is 80.2 Å². The fourth-order valence-electron chi connectivity index (χ4n) is 2.46. The van der Waals surface area contributed by atoms with Gasteiger partial charge in [-0.05, 0) is 48.9 Å². The summed E-state index contributed by atoms with van der Waals surface area (Å²) in [7, 11) is 0. The van der Waals surface area contributed by atoms with Gasteiger partial charge in [-0.1, -0.05) is 35.3 Å². The first kappa shape index (κ1) is 19.7. The van der Waals surface area contributed by atoms with Crippen molar-refractivity contribution < 1.29 is 9.53 Å². The lowest BCUT2D eigenvalue weighted by molar-refractivity contribution is -0.121. The van der Waals surface area contributed by atoms with Gasteiger partial charge in [-0.3, -0.25) is 4.79 Å². The molecule has 0 spiro atoms. The molecule has 4 nitrogen and oxygen atoms in total. The monoisotopic (exact) mass is 420 g/mol. The minimum Gasteiger partial charge on any atom is -0.486 e. The number of aromatic nitrogens is 1. The van der Waals surface area contributed by atoms with E-state index in [1.165, 1.54) is 11.3 Å². The molecule has 1 heterocycles. The second kappa shape index (κ2) is 9.22. The van der Waals surface area contributed by atoms with Crippen LogP contribution in [0.3, 0.4) is 0 Å². The number of benzene rings is 2. The van der Waals surface area contributed by atoms with Crippen LogP contribution in [0.2, 0.25) is 10.0 Å². The molecule has 1 N–H and O–H groups in total. The average Bonchev–Trinajstić information content (AvgIpc) is 3.09. The van der Waals surface area contributed by atoms with Gasteiger partial charge in [-0.25, -0.2) is 4.98 Å². The number of ether oxygens (including phenoxy) is 1. The van der Waals surface area contributed by atoms with E-state index in [0.717, 1.165) is 22.0 Å². The van der Waals surface area contributed by atoms with E-state index in [-0.39, 0.29) is 18.4 Å². The average molecular weight is 421 g/mol. The van der Waals surface area contributed by atoms with Crippen LogP contribution in [0.1, 0.15) is 29.2 Å². The molecule has 3 aromatic rings. The smallest absolute Gasteiger partial charge is 0.226 e. The first-order valence-electron chi connectivity index (χ1n) is 8.36. The molecule has 1 aromatic heterocycles. The third-order valence-corrected chi connectivity index (χ3v) is 5.24. The molecule has 0 aliphatic heterocycles. The Bertz CT molecular complexity index is 895. The van der Waals surface area contributed by atoms with Crippen molar-refractivity contribution in [2.24, 2.45) is 0 Å². The number of hydrogen-bond acceptors (Lipinski definition) is 4. The van der Waals surface area contributed by atoms with E-state index < -0.39 is 0 Å². The maximum atomic E-state index is 12.3. The van der Waals surface area contributed by atoms with Crippen LogP contribution < -0.4 is 10.1 Å². The Labute approximate surface area is 172 Å². The zero-order valence-electron chi connectivity index (χ0n) is 14.6. The summed E-state index contributed by atoms with van der Waals surface area (Å²) in [6.45, 7) is 2.29. The van der Waals surface area contributed by atoms with E-state index in [1.54, 1.807) is 12.1 Å². The highest BCUT2D eigenvalue weighted by Crippen LogP contribution is 2.19. The van der Waals surface area contributed by atoms with Crippen LogP contribution in [0.25, 0.3) is 0 Å². The third-order valence-electron chi connectivity index (χ3n) is 3.86. The van der Waals surface area contributed by atoms with Crippen molar-refractivity contribution >= 4 is 40.4 Å². The molecule has 0 saturated heterocycles. The van der Waals surface area contributed by atoms with Gasteiger partial charge in [0.25, 0.3) is 0 Å². The molecule has 0 bridgehead atoms. The second-order valence-electron chi connectivity index (χ2n) is 5.99. The van der Waals surface area contributed by atoms with E-state index in [2.05, 4.69) is 10.3 Å². The van der Waals surface area contributed by atoms with Gasteiger partial charge in [0, 0.05) is 15.4 Å². The van der Waals surface area contributed by atoms with Gasteiger partial charge in [0.05, 0.1) is 18.2 Å². The summed E-state index contributed by atoms with van der Waals surface area (Å²) in [6.07, 6.45) is 0.232. The number of hydrogen-bond donors (Lipinski definition) is 1. The van der Waals surface area contributed by atoms with Crippen LogP contribution in [0.5, 0.6) is 5.75 Å². The molecule has 3 rings (SSSR count). The van der Waals surface area contributed by atoms with Gasteiger partial charge in [0.2, 0.25) is 5.91 Å². The van der Waals surface area contributed by atoms with Crippen LogP contribution in [-0.4, -0.2) is 10.9 Å². The molecule has 27 heavy (non-hydrogen) atoms. The van der Waals surface area contributed by atoms with E-state index in [0.29, 0.717) is 16.7 Å². The van der Waals surface area contributed by atoms with Crippen molar-refractivity contribution in [2.75, 3.05) is 0 Å². The third kappa shape index (κ3) is 5.96. The molecule has 2 aromatic carbocycles. The lowest BCUT2D eigenvalue weighted by atomic mass is 10.1. The van der Waals surface area contributed by atoms with Crippen molar-refractivity contribution in [3.8, 4) is 5.75 Å². The molecule has 1 atom stereocenters. The largest absolute Gasteiger partial charge is 0.486 e. The first-order chi connectivity index (χ1) is 13.0. The van der Waals surface area contributed by atoms with E-state index in [1.807, 2.05) is 48.7 Å². The number of thiazole rings is 1. The Morgan fingerprint density at radius 1 is 1.11 bits per heavy atom. The maximum absolute atomic E-state index is 12.3. The first-order valence-corrected chi connectivity index (χ1v) is 9.99. The Morgan fingerprint density at radius 3 is 2.41 bits per heavy atom. The molecule has 140 valence electrons. The van der Waals surface area contributed by atoms with Crippen molar-refractivity contribution in [1.82, 2.24) is 10.3 Å². The van der Waals surface area contributed by atoms with Crippen molar-refractivity contribution in [3.63, 3.8) is 0 Å². The highest BCUT2D eigenvalue weighted by atomic mass is 35.5. The molecular formula is C20H18Cl2N2O2S. The quantitative estimate of drug-likeness (QED) is 0.552. The zero-order chi connectivity index (χ0) is 19.2. The summed E-state index contributed by atoms with van der Waals surface area (Å²) in [5.74, 6) is 0.651. The SMILES string of the molecule is C[C@H](NC(=O)Cc1csc(COc2ccc(Cl)cc2)n1)c1ccc(Cl)cc1. The van der Waals surface area contributed by atoms with Crippen molar-refractivity contribution in [2.45, 2.75) is 26.0 Å². The van der Waals surface area contributed by atoms with Gasteiger partial charge in [-0.2, -0.15) is 0 Å². The molecule has 0 saturated carbocycles. The minimum atomic E-state index is -0.0962. The molecular weight excluding hydrogens is 403 g/mol. The molecule has 0 aliphatic rings. The molecule has 0 fully saturated rings. The van der Waals surface area contributed by atoms with Crippen LogP contribution in [0.15, 0.2) is 53.9 Å². The number of nitrogens with zero attached hydrogens (tertiary/aromatic N) is 1. The molecule has 0 aliphatic carbocycles. The Hall–Kier alpha value is -2.08. The summed E-state index contributed by atoms with van der Waals surface area (Å²) in [6, 6.07) is 14.5. The highest BCUT2D eigenvalue weighted by Gasteiger charge is 2.12. The lowest BCUT2D eigenvalue weighted by Gasteiger charge is -2.14. The Morgan fingerprint density at radius 2 is 1.74 bits per heavy atom. The minimum absolute atomic E-state index is 0.0760. The van der Waals surface area contributed by atoms with Gasteiger partial charge >= 0.3 is 0 Å². The highest BCUT2D eigenvalue weighted by molar-refractivity contribution is 7.09. The number of amides is 1. The van der Waals surface area contributed by atoms with Crippen LogP contribution in [0, 0.1) is 0 Å². The van der Waals surface area contributed by atoms with Gasteiger partial charge in [0.15, 0.2) is 0 Å². The number of rotatable bonds is 7. The number of carbonyl (C=O) groups is 1. The number of nitrogens with one attached hydrogen (secondary N) is 1. The zero-order valence-corrected chi connectivity index (χ0v) is 16.9. The topological polar surface area (TPSA) is 51.2 Å². The predicted octanol–water partition coefficient (Wildman–Crippen LogP) is 5.45. The summed E-state index contributed by atoms with van der Waals surface area (Å²) in [5.41, 5.74) is 1.73. The van der Waals surface area contributed by atoms with Gasteiger partial charge < -0.3 is 10.1 Å². The Balaban J connectivity index is 1.50. The predicted molar refractivity (Wildman–Crippen MR) is 110 cm³/mol. The Kier molecular flexibility index (Phi) is 6.72. The summed E-state index contributed by atoms with van der Waals surface area (Å²) in [4.78, 5) is 16.7. The van der Waals surface area contributed by atoms with E-state index in [9.17, 15) is 4.79 Å². The standard InChI is InChI=1S/C20H18Cl2N2O2S/c1-13(14-2-4-15(21)5-3-14)23-19(25)10-17-12-27-20(24-17)11-26-18-8-6-16(22)7-9-18/h2-9,12-13H,10-11H2,1H3,(H,23,25)/t13-/m0/s1. The van der Waals surface area contributed by atoms with Gasteiger partial charge in [-0.15, -0.1) is 11.3 Å². The second-order valence-corrected chi connectivity index (χ2v) is 7.81. The lowest BCUT2D eigenvalue weighted by Crippen LogP contribution is -2.28. The summed E-state index contributed by atoms with van der Waals surface area (Å²) in [5, 5.41) is 7.01. The molecule has 0 unspecified atom stereocenters. The normalized spacial score (nSPS) is 11.8. The van der Waals surface area contributed by atoms with Crippen molar-refractivity contribution in [1.29, 1.82) is 0 Å². The number of carbonyl (C=O) groups excluding carboxylic acids is 1. The van der Waals surface area contributed by atoms with E-state index >= 15 is 0 Å². The molecule has 0 radical (unpaired) electrons. The maximum Gasteiger partial charge on any atom is 0.226 e. The van der Waals surface area contributed by atoms with E-state index in [4.69, 9.17) is 27.9 Å². The fraction of sp³-hybridized carbons (Fsp3) is 0.200. The molecule has 7 heteroatoms. The fourth-order valence-corrected chi connectivity index (χ4v) is 3.42. The van der Waals surface area contributed by atoms with Gasteiger partial charge in [0.1, 0.15) is 17.4 Å². The van der Waals surface area contributed by atoms with Crippen LogP contribution in [0.4, 0.5) is 0 Å². The molecule has 1 amide bonds. The summed E-state index contributed by atoms with van der Waals surface area (Å²) < 4.78 is 5.68. The number of halogens is 2. The van der Waals surface area contributed by atoms with Crippen LogP contribution >= 0.6 is 34.5 Å². The summed E-state index contributed by atoms with van der Waals surface area (Å²) >= 11 is 13.2.